The monoisotopic (exact) mass is 229 g/mol. The van der Waals surface area contributed by atoms with Gasteiger partial charge in [-0.1, -0.05) is 18.2 Å². The molecule has 0 fully saturated rings. The summed E-state index contributed by atoms with van der Waals surface area (Å²) in [7, 11) is 0. The predicted molar refractivity (Wildman–Crippen MR) is 64.9 cm³/mol. The van der Waals surface area contributed by atoms with Crippen LogP contribution < -0.4 is 10.5 Å². The molecule has 2 unspecified atom stereocenters. The second-order valence-corrected chi connectivity index (χ2v) is 4.47. The van der Waals surface area contributed by atoms with Crippen LogP contribution in [0.2, 0.25) is 0 Å². The average Bonchev–Trinajstić information content (AvgIpc) is 2.96. The number of ether oxygens (including phenoxy) is 1. The topological polar surface area (TPSA) is 48.4 Å². The maximum Gasteiger partial charge on any atom is 0.123 e. The summed E-state index contributed by atoms with van der Waals surface area (Å²) in [6.07, 6.45) is 5.17. The lowest BCUT2D eigenvalue weighted by Gasteiger charge is -2.18. The van der Waals surface area contributed by atoms with E-state index in [-0.39, 0.29) is 12.1 Å². The van der Waals surface area contributed by atoms with Crippen LogP contribution in [-0.4, -0.2) is 12.1 Å². The fourth-order valence-electron chi connectivity index (χ4n) is 2.26. The van der Waals surface area contributed by atoms with Crippen molar-refractivity contribution in [3.05, 3.63) is 54.0 Å². The lowest BCUT2D eigenvalue weighted by atomic mass is 10.0. The van der Waals surface area contributed by atoms with Crippen LogP contribution in [0.25, 0.3) is 0 Å². The Kier molecular flexibility index (Phi) is 2.61. The van der Waals surface area contributed by atoms with Crippen molar-refractivity contribution in [3.63, 3.8) is 0 Å². The number of nitrogens with two attached hydrogens (primary N) is 1. The number of rotatable bonds is 3. The smallest absolute Gasteiger partial charge is 0.123 e. The average molecular weight is 229 g/mol. The minimum Gasteiger partial charge on any atom is -0.488 e. The minimum absolute atomic E-state index is 0.000000000000000222. The molecule has 3 rings (SSSR count). The van der Waals surface area contributed by atoms with Crippen molar-refractivity contribution < 1.29 is 9.15 Å². The molecule has 2 aromatic rings. The Morgan fingerprint density at radius 1 is 1.29 bits per heavy atom. The van der Waals surface area contributed by atoms with Crippen molar-refractivity contribution in [2.45, 2.75) is 25.0 Å². The number of fused-ring (bicyclic) bond motifs is 1. The molecule has 1 aliphatic rings. The van der Waals surface area contributed by atoms with Crippen molar-refractivity contribution in [1.29, 1.82) is 0 Å². The van der Waals surface area contributed by atoms with Crippen LogP contribution >= 0.6 is 0 Å². The Bertz CT molecular complexity index is 468. The molecule has 0 saturated carbocycles. The van der Waals surface area contributed by atoms with E-state index in [2.05, 4.69) is 6.07 Å². The molecule has 1 aliphatic heterocycles. The Morgan fingerprint density at radius 3 is 2.94 bits per heavy atom. The highest BCUT2D eigenvalue weighted by atomic mass is 16.5. The summed E-state index contributed by atoms with van der Waals surface area (Å²) in [5, 5.41) is 0. The zero-order valence-electron chi connectivity index (χ0n) is 9.50. The third-order valence-electron chi connectivity index (χ3n) is 3.20. The van der Waals surface area contributed by atoms with Crippen molar-refractivity contribution in [2.75, 3.05) is 0 Å². The summed E-state index contributed by atoms with van der Waals surface area (Å²) >= 11 is 0. The lowest BCUT2D eigenvalue weighted by Crippen LogP contribution is -2.39. The summed E-state index contributed by atoms with van der Waals surface area (Å²) in [6.45, 7) is 0. The van der Waals surface area contributed by atoms with Gasteiger partial charge in [0, 0.05) is 12.5 Å². The van der Waals surface area contributed by atoms with Crippen molar-refractivity contribution in [1.82, 2.24) is 0 Å². The first-order chi connectivity index (χ1) is 8.33. The standard InChI is InChI=1S/C14H15NO2/c15-12(7-10-5-6-16-9-10)14-8-11-3-1-2-4-13(11)17-14/h1-6,9,12,14H,7-8,15H2. The maximum atomic E-state index is 6.18. The number of hydrogen-bond donors (Lipinski definition) is 1. The number of para-hydroxylation sites is 1. The van der Waals surface area contributed by atoms with Gasteiger partial charge in [0.2, 0.25) is 0 Å². The first-order valence-electron chi connectivity index (χ1n) is 5.84. The molecule has 88 valence electrons. The van der Waals surface area contributed by atoms with Gasteiger partial charge in [-0.25, -0.2) is 0 Å². The Hall–Kier alpha value is -1.74. The zero-order valence-corrected chi connectivity index (χ0v) is 9.50. The number of furan rings is 1. The Balaban J connectivity index is 1.68. The molecule has 3 nitrogen and oxygen atoms in total. The molecular formula is C14H15NO2. The second-order valence-electron chi connectivity index (χ2n) is 4.47. The molecule has 2 heterocycles. The maximum absolute atomic E-state index is 6.18. The van der Waals surface area contributed by atoms with E-state index in [9.17, 15) is 0 Å². The van der Waals surface area contributed by atoms with Gasteiger partial charge in [0.25, 0.3) is 0 Å². The van der Waals surface area contributed by atoms with Crippen LogP contribution in [0.15, 0.2) is 47.3 Å². The predicted octanol–water partition coefficient (Wildman–Crippen LogP) is 2.15. The molecule has 0 radical (unpaired) electrons. The van der Waals surface area contributed by atoms with Crippen LogP contribution in [-0.2, 0) is 12.8 Å². The van der Waals surface area contributed by atoms with Gasteiger partial charge >= 0.3 is 0 Å². The lowest BCUT2D eigenvalue weighted by molar-refractivity contribution is 0.198. The zero-order chi connectivity index (χ0) is 11.7. The third-order valence-corrected chi connectivity index (χ3v) is 3.20. The molecule has 0 spiro atoms. The highest BCUT2D eigenvalue weighted by Crippen LogP contribution is 2.29. The summed E-state index contributed by atoms with van der Waals surface area (Å²) in [6, 6.07) is 10.1. The van der Waals surface area contributed by atoms with Gasteiger partial charge in [-0.3, -0.25) is 0 Å². The van der Waals surface area contributed by atoms with Gasteiger partial charge in [-0.15, -0.1) is 0 Å². The van der Waals surface area contributed by atoms with Gasteiger partial charge < -0.3 is 14.9 Å². The normalized spacial score (nSPS) is 19.7. The van der Waals surface area contributed by atoms with E-state index in [1.54, 1.807) is 12.5 Å². The third kappa shape index (κ3) is 2.06. The second kappa shape index (κ2) is 4.26. The van der Waals surface area contributed by atoms with Gasteiger partial charge in [0.15, 0.2) is 0 Å². The van der Waals surface area contributed by atoms with Crippen LogP contribution in [0.1, 0.15) is 11.1 Å². The first kappa shape index (κ1) is 10.4. The minimum atomic E-state index is -0.000000000000000222. The van der Waals surface area contributed by atoms with E-state index < -0.39 is 0 Å². The molecule has 17 heavy (non-hydrogen) atoms. The molecule has 1 aromatic heterocycles. The number of benzene rings is 1. The van der Waals surface area contributed by atoms with Gasteiger partial charge in [0.1, 0.15) is 11.9 Å². The number of hydrogen-bond acceptors (Lipinski definition) is 3. The van der Waals surface area contributed by atoms with Gasteiger partial charge in [-0.05, 0) is 29.7 Å². The fraction of sp³-hybridized carbons (Fsp3) is 0.286. The fourth-order valence-corrected chi connectivity index (χ4v) is 2.26. The van der Waals surface area contributed by atoms with Crippen molar-refractivity contribution in [2.24, 2.45) is 5.73 Å². The quantitative estimate of drug-likeness (QED) is 0.877. The summed E-state index contributed by atoms with van der Waals surface area (Å²) in [4.78, 5) is 0. The highest BCUT2D eigenvalue weighted by molar-refractivity contribution is 5.37. The van der Waals surface area contributed by atoms with Crippen molar-refractivity contribution >= 4 is 0 Å². The van der Waals surface area contributed by atoms with Gasteiger partial charge in [0.05, 0.1) is 12.5 Å². The molecule has 0 saturated heterocycles. The van der Waals surface area contributed by atoms with E-state index in [1.807, 2.05) is 24.3 Å². The van der Waals surface area contributed by atoms with E-state index in [0.717, 1.165) is 24.2 Å². The first-order valence-corrected chi connectivity index (χ1v) is 5.84. The molecule has 0 aliphatic carbocycles. The Morgan fingerprint density at radius 2 is 2.18 bits per heavy atom. The molecular weight excluding hydrogens is 214 g/mol. The molecule has 1 aromatic carbocycles. The Labute approximate surface area is 100 Å². The molecule has 0 bridgehead atoms. The van der Waals surface area contributed by atoms with E-state index in [4.69, 9.17) is 14.9 Å². The van der Waals surface area contributed by atoms with E-state index in [1.165, 1.54) is 5.56 Å². The van der Waals surface area contributed by atoms with Crippen LogP contribution in [0.3, 0.4) is 0 Å². The SMILES string of the molecule is NC(Cc1ccoc1)C1Cc2ccccc2O1. The molecule has 2 N–H and O–H groups in total. The van der Waals surface area contributed by atoms with Crippen LogP contribution in [0, 0.1) is 0 Å². The molecule has 0 amide bonds. The van der Waals surface area contributed by atoms with E-state index >= 15 is 0 Å². The largest absolute Gasteiger partial charge is 0.488 e. The van der Waals surface area contributed by atoms with Gasteiger partial charge in [-0.2, -0.15) is 0 Å². The summed E-state index contributed by atoms with van der Waals surface area (Å²) < 4.78 is 10.9. The molecule has 2 atom stereocenters. The highest BCUT2D eigenvalue weighted by Gasteiger charge is 2.27. The van der Waals surface area contributed by atoms with Crippen LogP contribution in [0.4, 0.5) is 0 Å². The van der Waals surface area contributed by atoms with Crippen molar-refractivity contribution in [3.8, 4) is 5.75 Å². The van der Waals surface area contributed by atoms with E-state index in [0.29, 0.717) is 0 Å². The summed E-state index contributed by atoms with van der Waals surface area (Å²) in [5.74, 6) is 0.972. The summed E-state index contributed by atoms with van der Waals surface area (Å²) in [5.41, 5.74) is 8.56. The molecule has 3 heteroatoms. The van der Waals surface area contributed by atoms with Crippen LogP contribution in [0.5, 0.6) is 5.75 Å².